The Labute approximate surface area is 105 Å². The van der Waals surface area contributed by atoms with E-state index in [-0.39, 0.29) is 12.5 Å². The number of carbonyl (C=O) groups excluding carboxylic acids is 1. The molecule has 1 aromatic rings. The smallest absolute Gasteiger partial charge is 0.320 e. The van der Waals surface area contributed by atoms with Crippen molar-refractivity contribution in [2.24, 2.45) is 7.05 Å². The molecule has 0 aliphatic heterocycles. The van der Waals surface area contributed by atoms with Crippen LogP contribution in [-0.4, -0.2) is 33.4 Å². The van der Waals surface area contributed by atoms with E-state index in [4.69, 9.17) is 5.11 Å². The van der Waals surface area contributed by atoms with Gasteiger partial charge in [0.25, 0.3) is 0 Å². The first-order valence-electron chi connectivity index (χ1n) is 5.82. The van der Waals surface area contributed by atoms with Crippen LogP contribution >= 0.6 is 0 Å². The molecule has 0 spiro atoms. The first kappa shape index (κ1) is 14.0. The number of aliphatic carboxylic acids is 1. The molecular formula is C11H18N4O3. The summed E-state index contributed by atoms with van der Waals surface area (Å²) in [5, 5.41) is 17.9. The fourth-order valence-electron chi connectivity index (χ4n) is 1.42. The molecule has 0 aromatic carbocycles. The van der Waals surface area contributed by atoms with Gasteiger partial charge in [0.2, 0.25) is 0 Å². The van der Waals surface area contributed by atoms with Gasteiger partial charge >= 0.3 is 12.0 Å². The Morgan fingerprint density at radius 1 is 1.50 bits per heavy atom. The lowest BCUT2D eigenvalue weighted by atomic mass is 10.3. The lowest BCUT2D eigenvalue weighted by Crippen LogP contribution is -2.30. The monoisotopic (exact) mass is 254 g/mol. The molecule has 0 atom stereocenters. The van der Waals surface area contributed by atoms with Crippen molar-refractivity contribution in [3.63, 3.8) is 0 Å². The van der Waals surface area contributed by atoms with Gasteiger partial charge < -0.3 is 10.4 Å². The largest absolute Gasteiger partial charge is 0.481 e. The van der Waals surface area contributed by atoms with E-state index in [0.29, 0.717) is 18.8 Å². The Kier molecular flexibility index (Phi) is 5.16. The van der Waals surface area contributed by atoms with Crippen LogP contribution in [0.4, 0.5) is 10.6 Å². The second kappa shape index (κ2) is 6.63. The minimum Gasteiger partial charge on any atom is -0.481 e. The fraction of sp³-hybridized carbons (Fsp3) is 0.545. The first-order valence-corrected chi connectivity index (χ1v) is 5.82. The van der Waals surface area contributed by atoms with Crippen LogP contribution in [0.2, 0.25) is 0 Å². The number of nitrogens with one attached hydrogen (secondary N) is 2. The van der Waals surface area contributed by atoms with Crippen LogP contribution in [0.25, 0.3) is 0 Å². The highest BCUT2D eigenvalue weighted by atomic mass is 16.4. The van der Waals surface area contributed by atoms with Crippen LogP contribution in [0.1, 0.15) is 25.5 Å². The van der Waals surface area contributed by atoms with Crippen LogP contribution in [0.15, 0.2) is 6.07 Å². The van der Waals surface area contributed by atoms with E-state index >= 15 is 0 Å². The first-order chi connectivity index (χ1) is 8.52. The quantitative estimate of drug-likeness (QED) is 0.659. The number of carboxylic acids is 1. The highest BCUT2D eigenvalue weighted by Gasteiger charge is 2.07. The van der Waals surface area contributed by atoms with E-state index < -0.39 is 5.97 Å². The van der Waals surface area contributed by atoms with Crippen molar-refractivity contribution in [2.75, 3.05) is 11.9 Å². The van der Waals surface area contributed by atoms with Gasteiger partial charge in [0.05, 0.1) is 5.69 Å². The number of aromatic nitrogens is 2. The zero-order valence-electron chi connectivity index (χ0n) is 10.6. The lowest BCUT2D eigenvalue weighted by Gasteiger charge is -2.06. The molecule has 0 saturated heterocycles. The van der Waals surface area contributed by atoms with Crippen LogP contribution in [0.3, 0.4) is 0 Å². The van der Waals surface area contributed by atoms with E-state index in [2.05, 4.69) is 15.7 Å². The van der Waals surface area contributed by atoms with Gasteiger partial charge in [-0.2, -0.15) is 5.10 Å². The van der Waals surface area contributed by atoms with Crippen molar-refractivity contribution in [2.45, 2.75) is 26.2 Å². The normalized spacial score (nSPS) is 10.1. The molecule has 18 heavy (non-hydrogen) atoms. The van der Waals surface area contributed by atoms with Gasteiger partial charge in [0, 0.05) is 26.1 Å². The van der Waals surface area contributed by atoms with Crippen LogP contribution in [-0.2, 0) is 18.3 Å². The average molecular weight is 254 g/mol. The molecule has 0 unspecified atom stereocenters. The molecule has 3 N–H and O–H groups in total. The number of carbonyl (C=O) groups is 2. The zero-order valence-corrected chi connectivity index (χ0v) is 10.6. The lowest BCUT2D eigenvalue weighted by molar-refractivity contribution is -0.137. The summed E-state index contributed by atoms with van der Waals surface area (Å²) >= 11 is 0. The zero-order chi connectivity index (χ0) is 13.5. The van der Waals surface area contributed by atoms with Crippen LogP contribution < -0.4 is 10.6 Å². The summed E-state index contributed by atoms with van der Waals surface area (Å²) in [5.41, 5.74) is 0.902. The number of urea groups is 1. The Hall–Kier alpha value is -2.05. The second-order valence-electron chi connectivity index (χ2n) is 3.88. The maximum atomic E-state index is 11.5. The Balaban J connectivity index is 2.35. The Morgan fingerprint density at radius 2 is 2.22 bits per heavy atom. The van der Waals surface area contributed by atoms with Crippen molar-refractivity contribution >= 4 is 17.8 Å². The predicted octanol–water partition coefficient (Wildman–Crippen LogP) is 0.969. The van der Waals surface area contributed by atoms with Crippen molar-refractivity contribution in [1.29, 1.82) is 0 Å². The summed E-state index contributed by atoms with van der Waals surface area (Å²) in [6, 6.07) is 1.45. The summed E-state index contributed by atoms with van der Waals surface area (Å²) < 4.78 is 1.59. The summed E-state index contributed by atoms with van der Waals surface area (Å²) in [7, 11) is 1.75. The van der Waals surface area contributed by atoms with Crippen molar-refractivity contribution in [3.8, 4) is 0 Å². The van der Waals surface area contributed by atoms with Gasteiger partial charge in [0.15, 0.2) is 0 Å². The number of carboxylic acid groups (broad SMARTS) is 1. The molecule has 2 amide bonds. The minimum atomic E-state index is -0.864. The number of nitrogens with zero attached hydrogens (tertiary/aromatic N) is 2. The van der Waals surface area contributed by atoms with Gasteiger partial charge in [-0.15, -0.1) is 0 Å². The van der Waals surface area contributed by atoms with Crippen molar-refractivity contribution in [1.82, 2.24) is 15.1 Å². The molecule has 1 aromatic heterocycles. The maximum Gasteiger partial charge on any atom is 0.320 e. The van der Waals surface area contributed by atoms with Crippen LogP contribution in [0.5, 0.6) is 0 Å². The summed E-state index contributed by atoms with van der Waals surface area (Å²) in [5.74, 6) is -0.251. The molecular weight excluding hydrogens is 236 g/mol. The number of aryl methyl sites for hydroxylation is 2. The summed E-state index contributed by atoms with van der Waals surface area (Å²) in [6.07, 6.45) is 1.26. The third-order valence-electron chi connectivity index (χ3n) is 2.39. The standard InChI is InChI=1S/C11H18N4O3/c1-3-8-7-9(15(2)14-8)13-11(18)12-6-4-5-10(16)17/h7H,3-6H2,1-2H3,(H,16,17)(H2,12,13,18). The third kappa shape index (κ3) is 4.44. The highest BCUT2D eigenvalue weighted by molar-refractivity contribution is 5.88. The van der Waals surface area contributed by atoms with Gasteiger partial charge in [-0.25, -0.2) is 4.79 Å². The van der Waals surface area contributed by atoms with Gasteiger partial charge in [0.1, 0.15) is 5.82 Å². The molecule has 7 heteroatoms. The molecule has 0 fully saturated rings. The SMILES string of the molecule is CCc1cc(NC(=O)NCCCC(=O)O)n(C)n1. The van der Waals surface area contributed by atoms with E-state index in [9.17, 15) is 9.59 Å². The van der Waals surface area contributed by atoms with Crippen LogP contribution in [0, 0.1) is 0 Å². The average Bonchev–Trinajstić information content (AvgIpc) is 2.65. The number of rotatable bonds is 6. The van der Waals surface area contributed by atoms with Crippen molar-refractivity contribution < 1.29 is 14.7 Å². The molecule has 0 saturated carbocycles. The number of amides is 2. The maximum absolute atomic E-state index is 11.5. The van der Waals surface area contributed by atoms with E-state index in [1.807, 2.05) is 6.92 Å². The molecule has 0 aliphatic carbocycles. The molecule has 0 bridgehead atoms. The van der Waals surface area contributed by atoms with Crippen molar-refractivity contribution in [3.05, 3.63) is 11.8 Å². The topological polar surface area (TPSA) is 96.3 Å². The van der Waals surface area contributed by atoms with E-state index in [1.54, 1.807) is 17.8 Å². The summed E-state index contributed by atoms with van der Waals surface area (Å²) in [4.78, 5) is 21.8. The van der Waals surface area contributed by atoms with Gasteiger partial charge in [-0.1, -0.05) is 6.92 Å². The number of anilines is 1. The predicted molar refractivity (Wildman–Crippen MR) is 66.5 cm³/mol. The highest BCUT2D eigenvalue weighted by Crippen LogP contribution is 2.08. The molecule has 7 nitrogen and oxygen atoms in total. The minimum absolute atomic E-state index is 0.0476. The molecule has 1 heterocycles. The van der Waals surface area contributed by atoms with E-state index in [0.717, 1.165) is 12.1 Å². The third-order valence-corrected chi connectivity index (χ3v) is 2.39. The van der Waals surface area contributed by atoms with E-state index in [1.165, 1.54) is 0 Å². The molecule has 100 valence electrons. The number of hydrogen-bond donors (Lipinski definition) is 3. The second-order valence-corrected chi connectivity index (χ2v) is 3.88. The molecule has 0 radical (unpaired) electrons. The van der Waals surface area contributed by atoms with Gasteiger partial charge in [-0.3, -0.25) is 14.8 Å². The van der Waals surface area contributed by atoms with Gasteiger partial charge in [-0.05, 0) is 12.8 Å². The Morgan fingerprint density at radius 3 is 2.78 bits per heavy atom. The summed E-state index contributed by atoms with van der Waals surface area (Å²) in [6.45, 7) is 2.31. The molecule has 1 rings (SSSR count). The number of hydrogen-bond acceptors (Lipinski definition) is 3. The Bertz CT molecular complexity index is 428. The fourth-order valence-corrected chi connectivity index (χ4v) is 1.42. The molecule has 0 aliphatic rings.